The molecule has 2 amide bonds. The van der Waals surface area contributed by atoms with Crippen LogP contribution in [0.15, 0.2) is 36.4 Å². The number of carbonyl (C=O) groups excluding carboxylic acids is 2. The van der Waals surface area contributed by atoms with Crippen molar-refractivity contribution in [2.75, 3.05) is 25.2 Å². The first-order chi connectivity index (χ1) is 13.4. The number of anilines is 1. The van der Waals surface area contributed by atoms with Gasteiger partial charge in [0, 0.05) is 19.0 Å². The average molecular weight is 382 g/mol. The predicted molar refractivity (Wildman–Crippen MR) is 108 cm³/mol. The fourth-order valence-corrected chi connectivity index (χ4v) is 3.69. The van der Waals surface area contributed by atoms with Gasteiger partial charge in [-0.25, -0.2) is 0 Å². The van der Waals surface area contributed by atoms with Crippen LogP contribution in [0.3, 0.4) is 0 Å². The maximum atomic E-state index is 13.0. The van der Waals surface area contributed by atoms with E-state index in [1.807, 2.05) is 44.2 Å². The summed E-state index contributed by atoms with van der Waals surface area (Å²) in [7, 11) is 1.61. The topological polar surface area (TPSA) is 67.9 Å². The van der Waals surface area contributed by atoms with Crippen LogP contribution in [0.4, 0.5) is 5.69 Å². The molecule has 3 rings (SSSR count). The summed E-state index contributed by atoms with van der Waals surface area (Å²) in [5.41, 5.74) is 3.86. The van der Waals surface area contributed by atoms with E-state index in [-0.39, 0.29) is 11.8 Å². The lowest BCUT2D eigenvalue weighted by molar-refractivity contribution is -0.126. The van der Waals surface area contributed by atoms with Crippen LogP contribution >= 0.6 is 0 Å². The second-order valence-electron chi connectivity index (χ2n) is 7.00. The van der Waals surface area contributed by atoms with Crippen LogP contribution in [0.25, 0.3) is 0 Å². The fourth-order valence-electron chi connectivity index (χ4n) is 3.69. The smallest absolute Gasteiger partial charge is 0.254 e. The Morgan fingerprint density at radius 2 is 1.89 bits per heavy atom. The van der Waals surface area contributed by atoms with Gasteiger partial charge in [-0.2, -0.15) is 0 Å². The van der Waals surface area contributed by atoms with Gasteiger partial charge in [-0.1, -0.05) is 29.8 Å². The number of hydrogen-bond donors (Lipinski definition) is 1. The van der Waals surface area contributed by atoms with Gasteiger partial charge in [0.2, 0.25) is 5.91 Å². The van der Waals surface area contributed by atoms with Crippen molar-refractivity contribution in [3.8, 4) is 11.5 Å². The Morgan fingerprint density at radius 3 is 2.57 bits per heavy atom. The molecule has 1 atom stereocenters. The molecule has 28 heavy (non-hydrogen) atoms. The van der Waals surface area contributed by atoms with Crippen LogP contribution in [0.1, 0.15) is 36.1 Å². The van der Waals surface area contributed by atoms with Crippen LogP contribution < -0.4 is 19.7 Å². The van der Waals surface area contributed by atoms with Gasteiger partial charge in [0.05, 0.1) is 19.4 Å². The van der Waals surface area contributed by atoms with E-state index < -0.39 is 6.04 Å². The summed E-state index contributed by atoms with van der Waals surface area (Å²) in [4.78, 5) is 26.3. The number of para-hydroxylation sites is 2. The molecule has 1 heterocycles. The van der Waals surface area contributed by atoms with Crippen molar-refractivity contribution in [2.45, 2.75) is 33.2 Å². The molecule has 0 saturated heterocycles. The number of ether oxygens (including phenoxy) is 2. The summed E-state index contributed by atoms with van der Waals surface area (Å²) < 4.78 is 11.1. The van der Waals surface area contributed by atoms with Crippen molar-refractivity contribution in [3.63, 3.8) is 0 Å². The summed E-state index contributed by atoms with van der Waals surface area (Å²) in [6.07, 6.45) is 0.656. The van der Waals surface area contributed by atoms with Gasteiger partial charge in [0.15, 0.2) is 11.5 Å². The van der Waals surface area contributed by atoms with Gasteiger partial charge in [0.25, 0.3) is 5.91 Å². The zero-order valence-corrected chi connectivity index (χ0v) is 16.7. The largest absolute Gasteiger partial charge is 0.493 e. The lowest BCUT2D eigenvalue weighted by atomic mass is 10.0. The first-order valence-electron chi connectivity index (χ1n) is 9.37. The molecule has 1 N–H and O–H groups in total. The van der Waals surface area contributed by atoms with Crippen LogP contribution in [-0.4, -0.2) is 32.1 Å². The monoisotopic (exact) mass is 382 g/mol. The molecule has 148 valence electrons. The predicted octanol–water partition coefficient (Wildman–Crippen LogP) is 3.30. The number of amides is 2. The number of nitrogens with one attached hydrogen (secondary N) is 1. The molecule has 0 radical (unpaired) electrons. The Bertz CT molecular complexity index is 894. The Kier molecular flexibility index (Phi) is 5.87. The maximum absolute atomic E-state index is 13.0. The van der Waals surface area contributed by atoms with Gasteiger partial charge < -0.3 is 19.7 Å². The third-order valence-electron chi connectivity index (χ3n) is 4.77. The molecule has 0 bridgehead atoms. The van der Waals surface area contributed by atoms with Gasteiger partial charge in [-0.15, -0.1) is 0 Å². The van der Waals surface area contributed by atoms with E-state index in [1.165, 1.54) is 6.92 Å². The number of rotatable bonds is 7. The molecular formula is C22H26N2O4. The molecule has 2 aromatic carbocycles. The van der Waals surface area contributed by atoms with E-state index in [4.69, 9.17) is 9.47 Å². The van der Waals surface area contributed by atoms with Gasteiger partial charge in [-0.05, 0) is 38.0 Å². The number of fused-ring (bicyclic) bond motifs is 1. The normalized spacial score (nSPS) is 15.4. The summed E-state index contributed by atoms with van der Waals surface area (Å²) in [5.74, 6) is 1.05. The number of aryl methyl sites for hydroxylation is 2. The van der Waals surface area contributed by atoms with E-state index in [1.54, 1.807) is 12.0 Å². The van der Waals surface area contributed by atoms with Crippen molar-refractivity contribution < 1.29 is 19.1 Å². The van der Waals surface area contributed by atoms with Crippen molar-refractivity contribution in [1.82, 2.24) is 5.32 Å². The minimum absolute atomic E-state index is 0.101. The van der Waals surface area contributed by atoms with Crippen LogP contribution in [0, 0.1) is 13.8 Å². The molecule has 0 fully saturated rings. The molecule has 2 aromatic rings. The SMILES string of the molecule is COc1ccccc1OCCCN1C(=O)[C@@H](NC(C)=O)c2cc(C)cc(C)c21. The number of methoxy groups -OCH3 is 1. The standard InChI is InChI=1S/C22H26N2O4/c1-14-12-15(2)21-17(13-14)20(23-16(3)25)22(26)24(21)10-7-11-28-19-9-6-5-8-18(19)27-4/h5-6,8-9,12-13,20H,7,10-11H2,1-4H3,(H,23,25)/t20-/m0/s1. The Hall–Kier alpha value is -3.02. The molecule has 0 unspecified atom stereocenters. The number of nitrogens with zero attached hydrogens (tertiary/aromatic N) is 1. The number of benzene rings is 2. The van der Waals surface area contributed by atoms with Crippen LogP contribution in [0.5, 0.6) is 11.5 Å². The molecule has 0 spiro atoms. The highest BCUT2D eigenvalue weighted by Crippen LogP contribution is 2.39. The third-order valence-corrected chi connectivity index (χ3v) is 4.77. The zero-order valence-electron chi connectivity index (χ0n) is 16.7. The van der Waals surface area contributed by atoms with E-state index in [9.17, 15) is 9.59 Å². The fraction of sp³-hybridized carbons (Fsp3) is 0.364. The van der Waals surface area contributed by atoms with E-state index in [0.29, 0.717) is 31.1 Å². The van der Waals surface area contributed by atoms with E-state index in [2.05, 4.69) is 11.4 Å². The summed E-state index contributed by atoms with van der Waals surface area (Å²) >= 11 is 0. The molecular weight excluding hydrogens is 356 g/mol. The van der Waals surface area contributed by atoms with E-state index in [0.717, 1.165) is 22.4 Å². The quantitative estimate of drug-likeness (QED) is 0.746. The maximum Gasteiger partial charge on any atom is 0.254 e. The number of hydrogen-bond acceptors (Lipinski definition) is 4. The van der Waals surface area contributed by atoms with Crippen LogP contribution in [-0.2, 0) is 9.59 Å². The highest BCUT2D eigenvalue weighted by atomic mass is 16.5. The highest BCUT2D eigenvalue weighted by Gasteiger charge is 2.38. The van der Waals surface area contributed by atoms with Crippen molar-refractivity contribution >= 4 is 17.5 Å². The van der Waals surface area contributed by atoms with Crippen LogP contribution in [0.2, 0.25) is 0 Å². The summed E-state index contributed by atoms with van der Waals surface area (Å²) in [5, 5.41) is 2.79. The molecule has 6 nitrogen and oxygen atoms in total. The van der Waals surface area contributed by atoms with Gasteiger partial charge in [-0.3, -0.25) is 9.59 Å². The first kappa shape index (κ1) is 19.7. The van der Waals surface area contributed by atoms with Gasteiger partial charge in [0.1, 0.15) is 6.04 Å². The highest BCUT2D eigenvalue weighted by molar-refractivity contribution is 6.06. The lowest BCUT2D eigenvalue weighted by Gasteiger charge is -2.20. The Morgan fingerprint density at radius 1 is 1.18 bits per heavy atom. The van der Waals surface area contributed by atoms with Crippen molar-refractivity contribution in [1.29, 1.82) is 0 Å². The Balaban J connectivity index is 1.72. The molecule has 0 saturated carbocycles. The second-order valence-corrected chi connectivity index (χ2v) is 7.00. The third kappa shape index (κ3) is 3.96. The molecule has 0 aromatic heterocycles. The summed E-state index contributed by atoms with van der Waals surface area (Å²) in [6, 6.07) is 10.9. The minimum Gasteiger partial charge on any atom is -0.493 e. The molecule has 1 aliphatic rings. The molecule has 1 aliphatic heterocycles. The minimum atomic E-state index is -0.624. The van der Waals surface area contributed by atoms with Crippen molar-refractivity contribution in [2.24, 2.45) is 0 Å². The van der Waals surface area contributed by atoms with Gasteiger partial charge >= 0.3 is 0 Å². The average Bonchev–Trinajstić information content (AvgIpc) is 2.90. The first-order valence-corrected chi connectivity index (χ1v) is 9.37. The lowest BCUT2D eigenvalue weighted by Crippen LogP contribution is -2.37. The molecule has 0 aliphatic carbocycles. The zero-order chi connectivity index (χ0) is 20.3. The summed E-state index contributed by atoms with van der Waals surface area (Å²) in [6.45, 7) is 6.38. The second kappa shape index (κ2) is 8.33. The number of carbonyl (C=O) groups is 2. The molecule has 6 heteroatoms. The Labute approximate surface area is 165 Å². The van der Waals surface area contributed by atoms with E-state index >= 15 is 0 Å². The van der Waals surface area contributed by atoms with Crippen molar-refractivity contribution in [3.05, 3.63) is 53.1 Å².